The van der Waals surface area contributed by atoms with Crippen LogP contribution in [0.15, 0.2) is 22.7 Å². The number of rotatable bonds is 6. The van der Waals surface area contributed by atoms with Gasteiger partial charge in [-0.05, 0) is 38.1 Å². The molecule has 0 spiro atoms. The Morgan fingerprint density at radius 1 is 1.45 bits per heavy atom. The molecule has 0 bridgehead atoms. The molecule has 0 amide bonds. The Kier molecular flexibility index (Phi) is 3.89. The second-order valence-corrected chi connectivity index (χ2v) is 5.33. The first-order valence-electron chi connectivity index (χ1n) is 6.64. The predicted octanol–water partition coefficient (Wildman–Crippen LogP) is 2.90. The Labute approximate surface area is 122 Å². The van der Waals surface area contributed by atoms with Gasteiger partial charge in [-0.15, -0.1) is 0 Å². The van der Waals surface area contributed by atoms with E-state index in [4.69, 9.17) is 20.9 Å². The largest absolute Gasteiger partial charge is 0.483 e. The minimum Gasteiger partial charge on any atom is -0.483 e. The highest BCUT2D eigenvalue weighted by Crippen LogP contribution is 2.38. The number of halogens is 1. The number of hydrogen-bond acceptors (Lipinski definition) is 5. The van der Waals surface area contributed by atoms with Gasteiger partial charge in [-0.25, -0.2) is 0 Å². The third-order valence-corrected chi connectivity index (χ3v) is 3.40. The minimum absolute atomic E-state index is 0.276. The summed E-state index contributed by atoms with van der Waals surface area (Å²) in [5.74, 6) is 2.57. The van der Waals surface area contributed by atoms with Crippen LogP contribution in [0.5, 0.6) is 5.75 Å². The monoisotopic (exact) mass is 293 g/mol. The summed E-state index contributed by atoms with van der Waals surface area (Å²) < 4.78 is 10.9. The van der Waals surface area contributed by atoms with Crippen molar-refractivity contribution in [1.29, 1.82) is 0 Å². The molecule has 6 heteroatoms. The van der Waals surface area contributed by atoms with Crippen LogP contribution in [0.25, 0.3) is 0 Å². The van der Waals surface area contributed by atoms with Crippen LogP contribution in [0.4, 0.5) is 0 Å². The lowest BCUT2D eigenvalue weighted by Gasteiger charge is -2.10. The Hall–Kier alpha value is -1.59. The van der Waals surface area contributed by atoms with Crippen molar-refractivity contribution < 1.29 is 9.26 Å². The molecule has 3 rings (SSSR count). The van der Waals surface area contributed by atoms with Gasteiger partial charge in [0.1, 0.15) is 5.75 Å². The van der Waals surface area contributed by atoms with Crippen molar-refractivity contribution in [3.05, 3.63) is 40.5 Å². The van der Waals surface area contributed by atoms with Crippen molar-refractivity contribution >= 4 is 11.6 Å². The standard InChI is InChI=1S/C14H16ClN3O2/c1-16-7-10-6-11(15)4-5-12(10)19-8-13-17-14(18-20-13)9-2-3-9/h4-6,9,16H,2-3,7-8H2,1H3. The third kappa shape index (κ3) is 3.11. The van der Waals surface area contributed by atoms with Crippen LogP contribution in [0.3, 0.4) is 0 Å². The highest BCUT2D eigenvalue weighted by atomic mass is 35.5. The lowest BCUT2D eigenvalue weighted by Crippen LogP contribution is -2.07. The van der Waals surface area contributed by atoms with Crippen molar-refractivity contribution in [3.63, 3.8) is 0 Å². The molecule has 0 unspecified atom stereocenters. The van der Waals surface area contributed by atoms with Gasteiger partial charge in [0.15, 0.2) is 12.4 Å². The fourth-order valence-corrected chi connectivity index (χ4v) is 2.19. The van der Waals surface area contributed by atoms with E-state index in [2.05, 4.69) is 15.5 Å². The van der Waals surface area contributed by atoms with Gasteiger partial charge >= 0.3 is 0 Å². The van der Waals surface area contributed by atoms with E-state index in [1.165, 1.54) is 0 Å². The normalized spacial score (nSPS) is 14.5. The Balaban J connectivity index is 1.67. The zero-order valence-electron chi connectivity index (χ0n) is 11.2. The van der Waals surface area contributed by atoms with Gasteiger partial charge in [-0.2, -0.15) is 4.98 Å². The van der Waals surface area contributed by atoms with E-state index in [1.807, 2.05) is 19.2 Å². The van der Waals surface area contributed by atoms with E-state index >= 15 is 0 Å². The van der Waals surface area contributed by atoms with Crippen molar-refractivity contribution in [2.24, 2.45) is 0 Å². The second kappa shape index (κ2) is 5.81. The number of benzene rings is 1. The summed E-state index contributed by atoms with van der Waals surface area (Å²) in [7, 11) is 1.88. The third-order valence-electron chi connectivity index (χ3n) is 3.17. The maximum Gasteiger partial charge on any atom is 0.264 e. The van der Waals surface area contributed by atoms with Crippen molar-refractivity contribution in [1.82, 2.24) is 15.5 Å². The van der Waals surface area contributed by atoms with Crippen LogP contribution >= 0.6 is 11.6 Å². The summed E-state index contributed by atoms with van der Waals surface area (Å²) in [5.41, 5.74) is 1.00. The first-order chi connectivity index (χ1) is 9.76. The van der Waals surface area contributed by atoms with Gasteiger partial charge in [0.05, 0.1) is 0 Å². The Morgan fingerprint density at radius 3 is 3.05 bits per heavy atom. The molecule has 0 saturated heterocycles. The summed E-state index contributed by atoms with van der Waals surface area (Å²) in [6.45, 7) is 0.963. The molecule has 5 nitrogen and oxygen atoms in total. The number of nitrogens with one attached hydrogen (secondary N) is 1. The van der Waals surface area contributed by atoms with Crippen molar-refractivity contribution in [2.75, 3.05) is 7.05 Å². The summed E-state index contributed by atoms with van der Waals surface area (Å²) in [6, 6.07) is 5.55. The van der Waals surface area contributed by atoms with Gasteiger partial charge in [-0.3, -0.25) is 0 Å². The molecule has 0 atom stereocenters. The molecule has 106 valence electrons. The van der Waals surface area contributed by atoms with Gasteiger partial charge < -0.3 is 14.6 Å². The topological polar surface area (TPSA) is 60.2 Å². The maximum atomic E-state index is 5.99. The van der Waals surface area contributed by atoms with E-state index in [0.717, 1.165) is 30.0 Å². The van der Waals surface area contributed by atoms with Gasteiger partial charge in [-0.1, -0.05) is 16.8 Å². The zero-order chi connectivity index (χ0) is 13.9. The molecule has 1 aliphatic carbocycles. The van der Waals surface area contributed by atoms with Crippen molar-refractivity contribution in [2.45, 2.75) is 31.9 Å². The minimum atomic E-state index is 0.276. The second-order valence-electron chi connectivity index (χ2n) is 4.89. The number of ether oxygens (including phenoxy) is 1. The Bertz CT molecular complexity index is 596. The fraction of sp³-hybridized carbons (Fsp3) is 0.429. The molecule has 1 aliphatic rings. The highest BCUT2D eigenvalue weighted by Gasteiger charge is 2.28. The van der Waals surface area contributed by atoms with E-state index in [9.17, 15) is 0 Å². The molecule has 0 radical (unpaired) electrons. The van der Waals surface area contributed by atoms with E-state index in [1.54, 1.807) is 6.07 Å². The molecule has 1 fully saturated rings. The quantitative estimate of drug-likeness (QED) is 0.887. The molecule has 1 N–H and O–H groups in total. The van der Waals surface area contributed by atoms with Crippen LogP contribution in [0, 0.1) is 0 Å². The highest BCUT2D eigenvalue weighted by molar-refractivity contribution is 6.30. The van der Waals surface area contributed by atoms with E-state index in [-0.39, 0.29) is 6.61 Å². The summed E-state index contributed by atoms with van der Waals surface area (Å²) in [6.07, 6.45) is 2.31. The van der Waals surface area contributed by atoms with Gasteiger partial charge in [0.2, 0.25) is 0 Å². The summed E-state index contributed by atoms with van der Waals surface area (Å²) >= 11 is 5.99. The molecule has 20 heavy (non-hydrogen) atoms. The molecule has 2 aromatic rings. The van der Waals surface area contributed by atoms with Crippen LogP contribution < -0.4 is 10.1 Å². The smallest absolute Gasteiger partial charge is 0.264 e. The van der Waals surface area contributed by atoms with E-state index in [0.29, 0.717) is 23.4 Å². The average Bonchev–Trinajstić information content (AvgIpc) is 3.18. The lowest BCUT2D eigenvalue weighted by molar-refractivity contribution is 0.240. The Morgan fingerprint density at radius 2 is 2.30 bits per heavy atom. The molecule has 0 aliphatic heterocycles. The van der Waals surface area contributed by atoms with Crippen LogP contribution in [0.2, 0.25) is 5.02 Å². The molecule has 1 aromatic carbocycles. The number of nitrogens with zero attached hydrogens (tertiary/aromatic N) is 2. The van der Waals surface area contributed by atoms with E-state index < -0.39 is 0 Å². The molecule has 1 heterocycles. The summed E-state index contributed by atoms with van der Waals surface area (Å²) in [5, 5.41) is 7.74. The number of aromatic nitrogens is 2. The van der Waals surface area contributed by atoms with Gasteiger partial charge in [0, 0.05) is 23.0 Å². The average molecular weight is 294 g/mol. The molecule has 1 saturated carbocycles. The van der Waals surface area contributed by atoms with Crippen LogP contribution in [-0.4, -0.2) is 17.2 Å². The molecular weight excluding hydrogens is 278 g/mol. The maximum absolute atomic E-state index is 5.99. The van der Waals surface area contributed by atoms with Crippen molar-refractivity contribution in [3.8, 4) is 5.75 Å². The lowest BCUT2D eigenvalue weighted by atomic mass is 10.2. The fourth-order valence-electron chi connectivity index (χ4n) is 1.99. The van der Waals surface area contributed by atoms with Crippen LogP contribution in [-0.2, 0) is 13.2 Å². The van der Waals surface area contributed by atoms with Crippen LogP contribution in [0.1, 0.15) is 36.0 Å². The predicted molar refractivity (Wildman–Crippen MR) is 74.8 cm³/mol. The molecular formula is C14H16ClN3O2. The first-order valence-corrected chi connectivity index (χ1v) is 7.02. The first kappa shape index (κ1) is 13.4. The zero-order valence-corrected chi connectivity index (χ0v) is 12.0. The van der Waals surface area contributed by atoms with Gasteiger partial charge in [0.25, 0.3) is 5.89 Å². The molecule has 1 aromatic heterocycles. The SMILES string of the molecule is CNCc1cc(Cl)ccc1OCc1nc(C2CC2)no1. The number of hydrogen-bond donors (Lipinski definition) is 1. The summed E-state index contributed by atoms with van der Waals surface area (Å²) in [4.78, 5) is 4.34.